The number of hydrogen-bond donors (Lipinski definition) is 0. The van der Waals surface area contributed by atoms with Crippen molar-refractivity contribution >= 4 is 23.9 Å². The van der Waals surface area contributed by atoms with Gasteiger partial charge in [-0.25, -0.2) is 9.59 Å². The normalized spacial score (nSPS) is 15.6. The zero-order chi connectivity index (χ0) is 45.1. The largest absolute Gasteiger partial charge is 0.490 e. The molecule has 0 aromatic heterocycles. The predicted molar refractivity (Wildman–Crippen MR) is 191 cm³/mol. The average Bonchev–Trinajstić information content (AvgIpc) is 3.21. The molecule has 0 radical (unpaired) electrons. The highest BCUT2D eigenvalue weighted by molar-refractivity contribution is 5.81. The zero-order valence-corrected chi connectivity index (χ0v) is 31.8. The molecule has 0 atom stereocenters. The number of benzene rings is 3. The van der Waals surface area contributed by atoms with E-state index in [0.717, 1.165) is 17.7 Å². The summed E-state index contributed by atoms with van der Waals surface area (Å²) in [7, 11) is 0. The van der Waals surface area contributed by atoms with Crippen LogP contribution in [0.25, 0.3) is 0 Å². The Morgan fingerprint density at radius 2 is 1.10 bits per heavy atom. The third kappa shape index (κ3) is 13.0. The summed E-state index contributed by atoms with van der Waals surface area (Å²) >= 11 is 0. The molecule has 0 bridgehead atoms. The monoisotopic (exact) mass is 878 g/mol. The van der Waals surface area contributed by atoms with Crippen LogP contribution in [0.2, 0.25) is 0 Å². The molecule has 1 aliphatic rings. The smallest absolute Gasteiger partial charge is 0.427 e. The number of carbonyl (C=O) groups excluding carboxylic acids is 4. The molecule has 4 rings (SSSR count). The third-order valence-electron chi connectivity index (χ3n) is 9.05. The molecule has 1 saturated carbocycles. The first kappa shape index (κ1) is 47.6. The second-order valence-electron chi connectivity index (χ2n) is 13.2. The zero-order valence-electron chi connectivity index (χ0n) is 31.8. The highest BCUT2D eigenvalue weighted by atomic mass is 19.4. The maximum atomic E-state index is 15.4. The summed E-state index contributed by atoms with van der Waals surface area (Å²) < 4.78 is 175. The van der Waals surface area contributed by atoms with Gasteiger partial charge in [-0.15, -0.1) is 0 Å². The Kier molecular flexibility index (Phi) is 16.0. The molecule has 3 aromatic rings. The molecule has 10 nitrogen and oxygen atoms in total. The van der Waals surface area contributed by atoms with Crippen molar-refractivity contribution < 1.29 is 91.5 Å². The van der Waals surface area contributed by atoms with Gasteiger partial charge in [-0.1, -0.05) is 25.3 Å². The Bertz CT molecular complexity index is 2070. The fraction of sp³-hybridized carbons (Fsp3) is 0.366. The Labute approximate surface area is 341 Å². The molecule has 0 saturated heterocycles. The van der Waals surface area contributed by atoms with E-state index in [1.807, 2.05) is 0 Å². The molecule has 61 heavy (non-hydrogen) atoms. The van der Waals surface area contributed by atoms with Gasteiger partial charge in [0.2, 0.25) is 11.6 Å². The van der Waals surface area contributed by atoms with Crippen LogP contribution in [-0.2, 0) is 53.5 Å². The lowest BCUT2D eigenvalue weighted by Crippen LogP contribution is -2.32. The van der Waals surface area contributed by atoms with E-state index in [1.165, 1.54) is 12.1 Å². The van der Waals surface area contributed by atoms with Crippen LogP contribution in [0.5, 0.6) is 23.0 Å². The van der Waals surface area contributed by atoms with Crippen LogP contribution in [-0.4, -0.2) is 43.7 Å². The van der Waals surface area contributed by atoms with Gasteiger partial charge in [0.05, 0.1) is 42.8 Å². The molecule has 0 spiro atoms. The van der Waals surface area contributed by atoms with Gasteiger partial charge < -0.3 is 28.4 Å². The summed E-state index contributed by atoms with van der Waals surface area (Å²) in [5, 5.41) is 0. The topological polar surface area (TPSA) is 124 Å². The maximum absolute atomic E-state index is 15.4. The van der Waals surface area contributed by atoms with Crippen molar-refractivity contribution in [2.45, 2.75) is 63.4 Å². The molecule has 0 N–H and O–H groups in total. The number of unbranched alkanes of at least 4 members (excludes halogenated alkanes) is 1. The molecule has 1 aliphatic carbocycles. The third-order valence-corrected chi connectivity index (χ3v) is 9.05. The van der Waals surface area contributed by atoms with E-state index in [-0.39, 0.29) is 76.2 Å². The van der Waals surface area contributed by atoms with Gasteiger partial charge >= 0.3 is 42.3 Å². The molecule has 0 amide bonds. The van der Waals surface area contributed by atoms with Gasteiger partial charge in [0.25, 0.3) is 0 Å². The summed E-state index contributed by atoms with van der Waals surface area (Å²) in [6.07, 6.45) is -15.5. The minimum atomic E-state index is -6.21. The van der Waals surface area contributed by atoms with Crippen LogP contribution >= 0.6 is 0 Å². The summed E-state index contributed by atoms with van der Waals surface area (Å²) in [6, 6.07) is 7.02. The predicted octanol–water partition coefficient (Wildman–Crippen LogP) is 9.61. The maximum Gasteiger partial charge on any atom is 0.427 e. The Morgan fingerprint density at radius 3 is 1.66 bits per heavy atom. The Balaban J connectivity index is 1.44. The molecular weight excluding hydrogens is 842 g/mol. The first-order valence-electron chi connectivity index (χ1n) is 18.3. The summed E-state index contributed by atoms with van der Waals surface area (Å²) in [6.45, 7) is 6.19. The first-order chi connectivity index (χ1) is 28.7. The molecule has 0 aliphatic heterocycles. The van der Waals surface area contributed by atoms with Crippen LogP contribution in [0.1, 0.15) is 60.8 Å². The number of carbonyl (C=O) groups is 4. The number of halogens is 10. The fourth-order valence-electron chi connectivity index (χ4n) is 6.01. The minimum Gasteiger partial charge on any atom is -0.490 e. The van der Waals surface area contributed by atoms with Crippen LogP contribution in [0.15, 0.2) is 73.8 Å². The van der Waals surface area contributed by atoms with Crippen molar-refractivity contribution in [3.05, 3.63) is 108 Å². The van der Waals surface area contributed by atoms with Gasteiger partial charge in [0.15, 0.2) is 11.5 Å². The summed E-state index contributed by atoms with van der Waals surface area (Å²) in [4.78, 5) is 48.0. The Morgan fingerprint density at radius 1 is 0.607 bits per heavy atom. The number of esters is 4. The average molecular weight is 879 g/mol. The lowest BCUT2D eigenvalue weighted by atomic mass is 9.82. The van der Waals surface area contributed by atoms with Gasteiger partial charge in [0, 0.05) is 18.6 Å². The first-order valence-corrected chi connectivity index (χ1v) is 18.3. The number of rotatable bonds is 18. The van der Waals surface area contributed by atoms with E-state index in [9.17, 15) is 54.3 Å². The van der Waals surface area contributed by atoms with Crippen molar-refractivity contribution in [1.82, 2.24) is 0 Å². The second kappa shape index (κ2) is 20.5. The number of hydrogen-bond acceptors (Lipinski definition) is 10. The lowest BCUT2D eigenvalue weighted by Gasteiger charge is -2.28. The standard InChI is InChI=1S/C41H36F10O10/c1-3-31(52)57-21-6-5-20-56-29-17-18-30(36(43)35(29)42)61-41(50,51)27-15-16-28(34(40(47,48)49)33(27)39(44,45)46)60-38(55)25-11-9-24(10-12-25)37(54)59-26-13-7-23(8-14-26)19-22-58-32(53)4-2/h3-4,7-8,13-18,24-25H,1-2,5-6,9-12,19-22H2. The van der Waals surface area contributed by atoms with Gasteiger partial charge in [-0.3, -0.25) is 9.59 Å². The van der Waals surface area contributed by atoms with E-state index < -0.39 is 99.7 Å². The van der Waals surface area contributed by atoms with Crippen molar-refractivity contribution in [3.63, 3.8) is 0 Å². The number of ether oxygens (including phenoxy) is 6. The molecular formula is C41H36F10O10. The summed E-state index contributed by atoms with van der Waals surface area (Å²) in [5.74, 6) is -13.7. The Hall–Kier alpha value is -6.08. The van der Waals surface area contributed by atoms with Crippen molar-refractivity contribution in [2.75, 3.05) is 19.8 Å². The van der Waals surface area contributed by atoms with E-state index in [0.29, 0.717) is 18.6 Å². The van der Waals surface area contributed by atoms with E-state index in [4.69, 9.17) is 23.7 Å². The van der Waals surface area contributed by atoms with Gasteiger partial charge in [-0.05, 0) is 80.5 Å². The van der Waals surface area contributed by atoms with Gasteiger partial charge in [-0.2, -0.15) is 43.9 Å². The number of alkyl halides is 8. The lowest BCUT2D eigenvalue weighted by molar-refractivity contribution is -0.199. The van der Waals surface area contributed by atoms with Crippen molar-refractivity contribution in [2.24, 2.45) is 11.8 Å². The molecule has 20 heteroatoms. The molecule has 3 aromatic carbocycles. The van der Waals surface area contributed by atoms with Crippen molar-refractivity contribution in [1.29, 1.82) is 0 Å². The van der Waals surface area contributed by atoms with E-state index >= 15 is 8.78 Å². The SMILES string of the molecule is C=CC(=O)OCCCCOc1ccc(OC(F)(F)c2ccc(OC(=O)C3CCC(C(=O)Oc4ccc(CCOC(=O)C=C)cc4)CC3)c(C(F)(F)F)c2C(F)(F)F)c(F)c1F. The van der Waals surface area contributed by atoms with Crippen LogP contribution < -0.4 is 18.9 Å². The molecule has 1 fully saturated rings. The highest BCUT2D eigenvalue weighted by Gasteiger charge is 2.53. The fourth-order valence-corrected chi connectivity index (χ4v) is 6.01. The van der Waals surface area contributed by atoms with Crippen molar-refractivity contribution in [3.8, 4) is 23.0 Å². The van der Waals surface area contributed by atoms with E-state index in [2.05, 4.69) is 17.9 Å². The van der Waals surface area contributed by atoms with E-state index in [1.54, 1.807) is 12.1 Å². The van der Waals surface area contributed by atoms with Crippen LogP contribution in [0, 0.1) is 23.5 Å². The quantitative estimate of drug-likeness (QED) is 0.0401. The second-order valence-corrected chi connectivity index (χ2v) is 13.2. The van der Waals surface area contributed by atoms with Crippen LogP contribution in [0.4, 0.5) is 43.9 Å². The molecule has 0 heterocycles. The molecule has 330 valence electrons. The minimum absolute atomic E-state index is 0.0347. The molecule has 0 unspecified atom stereocenters. The van der Waals surface area contributed by atoms with Gasteiger partial charge in [0.1, 0.15) is 17.1 Å². The summed E-state index contributed by atoms with van der Waals surface area (Å²) in [5.41, 5.74) is -7.55. The highest BCUT2D eigenvalue weighted by Crippen LogP contribution is 2.50. The van der Waals surface area contributed by atoms with Crippen LogP contribution in [0.3, 0.4) is 0 Å².